The number of aromatic hydroxyl groups is 1. The van der Waals surface area contributed by atoms with Crippen LogP contribution < -0.4 is 11.3 Å². The molecule has 2 aromatic rings. The molecular weight excluding hydrogens is 322 g/mol. The molecule has 0 spiro atoms. The molecule has 1 atom stereocenters. The number of hydrogen-bond acceptors (Lipinski definition) is 4. The summed E-state index contributed by atoms with van der Waals surface area (Å²) >= 11 is 3.33. The van der Waals surface area contributed by atoms with Gasteiger partial charge in [0.25, 0.3) is 5.56 Å². The molecule has 3 rings (SSSR count). The third-order valence-corrected chi connectivity index (χ3v) is 4.03. The zero-order chi connectivity index (χ0) is 14.3. The lowest BCUT2D eigenvalue weighted by Crippen LogP contribution is -2.22. The Balaban J connectivity index is 2.04. The van der Waals surface area contributed by atoms with E-state index in [4.69, 9.17) is 5.73 Å². The van der Waals surface area contributed by atoms with E-state index >= 15 is 0 Å². The first-order valence-electron chi connectivity index (χ1n) is 6.41. The van der Waals surface area contributed by atoms with Crippen LogP contribution in [-0.4, -0.2) is 15.1 Å². The van der Waals surface area contributed by atoms with Gasteiger partial charge in [-0.25, -0.2) is 0 Å². The number of nitrogens with two attached hydrogens (primary N) is 1. The molecule has 1 aliphatic carbocycles. The fourth-order valence-corrected chi connectivity index (χ4v) is 2.46. The number of aromatic nitrogens is 2. The summed E-state index contributed by atoms with van der Waals surface area (Å²) in [7, 11) is 0. The highest BCUT2D eigenvalue weighted by Gasteiger charge is 2.31. The summed E-state index contributed by atoms with van der Waals surface area (Å²) in [6, 6.07) is 6.79. The second-order valence-corrected chi connectivity index (χ2v) is 5.94. The van der Waals surface area contributed by atoms with Crippen molar-refractivity contribution in [1.82, 2.24) is 9.97 Å². The van der Waals surface area contributed by atoms with Crippen LogP contribution in [0.3, 0.4) is 0 Å². The lowest BCUT2D eigenvalue weighted by atomic mass is 10.1. The molecule has 0 amide bonds. The van der Waals surface area contributed by atoms with Gasteiger partial charge in [-0.05, 0) is 36.5 Å². The maximum absolute atomic E-state index is 12.2. The molecule has 5 nitrogen and oxygen atoms in total. The molecule has 6 heteroatoms. The van der Waals surface area contributed by atoms with Crippen molar-refractivity contribution in [3.63, 3.8) is 0 Å². The maximum Gasteiger partial charge on any atom is 0.262 e. The molecule has 0 radical (unpaired) electrons. The topological polar surface area (TPSA) is 92.0 Å². The van der Waals surface area contributed by atoms with Gasteiger partial charge in [0, 0.05) is 4.47 Å². The molecular formula is C14H14BrN3O2. The van der Waals surface area contributed by atoms with Gasteiger partial charge in [0.05, 0.1) is 6.04 Å². The van der Waals surface area contributed by atoms with Crippen LogP contribution in [0.5, 0.6) is 5.88 Å². The highest BCUT2D eigenvalue weighted by molar-refractivity contribution is 9.10. The summed E-state index contributed by atoms with van der Waals surface area (Å²) < 4.78 is 0.900. The summed E-state index contributed by atoms with van der Waals surface area (Å²) in [5.41, 5.74) is 6.41. The first-order valence-corrected chi connectivity index (χ1v) is 7.20. The Labute approximate surface area is 124 Å². The summed E-state index contributed by atoms with van der Waals surface area (Å²) in [4.78, 5) is 18.9. The van der Waals surface area contributed by atoms with Crippen LogP contribution in [0.2, 0.25) is 0 Å². The standard InChI is InChI=1S/C14H14BrN3O2/c15-9-5-3-7(4-6-9)10-13(19)17-12(18-14(10)20)11(16)8-1-2-8/h3-6,8,11H,1-2,16H2,(H2,17,18,19,20). The Kier molecular flexibility index (Phi) is 3.35. The minimum atomic E-state index is -0.370. The lowest BCUT2D eigenvalue weighted by molar-refractivity contribution is 0.443. The van der Waals surface area contributed by atoms with E-state index in [0.29, 0.717) is 17.3 Å². The summed E-state index contributed by atoms with van der Waals surface area (Å²) in [6.45, 7) is 0. The Hall–Kier alpha value is -1.66. The number of aromatic amines is 1. The molecule has 0 saturated heterocycles. The van der Waals surface area contributed by atoms with Gasteiger partial charge in [-0.3, -0.25) is 4.79 Å². The van der Waals surface area contributed by atoms with Crippen molar-refractivity contribution in [2.75, 3.05) is 0 Å². The van der Waals surface area contributed by atoms with Crippen LogP contribution in [0.25, 0.3) is 11.1 Å². The molecule has 4 N–H and O–H groups in total. The molecule has 1 aromatic carbocycles. The summed E-state index contributed by atoms with van der Waals surface area (Å²) in [5.74, 6) is 0.439. The van der Waals surface area contributed by atoms with Gasteiger partial charge in [-0.1, -0.05) is 28.1 Å². The van der Waals surface area contributed by atoms with Crippen LogP contribution in [0, 0.1) is 5.92 Å². The maximum atomic E-state index is 12.2. The fraction of sp³-hybridized carbons (Fsp3) is 0.286. The first kappa shape index (κ1) is 13.3. The molecule has 0 aliphatic heterocycles. The molecule has 20 heavy (non-hydrogen) atoms. The van der Waals surface area contributed by atoms with Crippen molar-refractivity contribution in [3.8, 4) is 17.0 Å². The molecule has 1 fully saturated rings. The third kappa shape index (κ3) is 2.48. The molecule has 0 bridgehead atoms. The largest absolute Gasteiger partial charge is 0.493 e. The second kappa shape index (κ2) is 5.03. The van der Waals surface area contributed by atoms with Gasteiger partial charge in [-0.2, -0.15) is 4.98 Å². The minimum absolute atomic E-state index is 0.171. The average molecular weight is 336 g/mol. The SMILES string of the molecule is NC(c1nc(O)c(-c2ccc(Br)cc2)c(=O)[nH]1)C1CC1. The second-order valence-electron chi connectivity index (χ2n) is 5.02. The van der Waals surface area contributed by atoms with Crippen LogP contribution >= 0.6 is 15.9 Å². The predicted molar refractivity (Wildman–Crippen MR) is 79.3 cm³/mol. The fourth-order valence-electron chi connectivity index (χ4n) is 2.19. The van der Waals surface area contributed by atoms with Crippen molar-refractivity contribution in [2.45, 2.75) is 18.9 Å². The normalized spacial score (nSPS) is 16.1. The highest BCUT2D eigenvalue weighted by Crippen LogP contribution is 2.38. The zero-order valence-electron chi connectivity index (χ0n) is 10.6. The lowest BCUT2D eigenvalue weighted by Gasteiger charge is -2.11. The summed E-state index contributed by atoms with van der Waals surface area (Å²) in [5, 5.41) is 10.0. The quantitative estimate of drug-likeness (QED) is 0.802. The number of hydrogen-bond donors (Lipinski definition) is 3. The van der Waals surface area contributed by atoms with Gasteiger partial charge in [-0.15, -0.1) is 0 Å². The van der Waals surface area contributed by atoms with E-state index < -0.39 is 0 Å². The number of rotatable bonds is 3. The molecule has 1 aliphatic rings. The van der Waals surface area contributed by atoms with Gasteiger partial charge in [0.2, 0.25) is 5.88 Å². The minimum Gasteiger partial charge on any atom is -0.493 e. The molecule has 1 aromatic heterocycles. The van der Waals surface area contributed by atoms with E-state index in [1.807, 2.05) is 0 Å². The van der Waals surface area contributed by atoms with E-state index in [0.717, 1.165) is 17.3 Å². The van der Waals surface area contributed by atoms with Gasteiger partial charge in [0.1, 0.15) is 11.4 Å². The van der Waals surface area contributed by atoms with Crippen LogP contribution in [0.4, 0.5) is 0 Å². The van der Waals surface area contributed by atoms with E-state index in [-0.39, 0.29) is 23.0 Å². The van der Waals surface area contributed by atoms with Gasteiger partial charge in [0.15, 0.2) is 0 Å². The van der Waals surface area contributed by atoms with Gasteiger partial charge >= 0.3 is 0 Å². The monoisotopic (exact) mass is 335 g/mol. The van der Waals surface area contributed by atoms with Crippen molar-refractivity contribution in [2.24, 2.45) is 11.7 Å². The van der Waals surface area contributed by atoms with Crippen LogP contribution in [0.1, 0.15) is 24.7 Å². The predicted octanol–water partition coefficient (Wildman–Crippen LogP) is 2.31. The Morgan fingerprint density at radius 1 is 1.35 bits per heavy atom. The molecule has 1 unspecified atom stereocenters. The van der Waals surface area contributed by atoms with E-state index in [1.54, 1.807) is 24.3 Å². The Bertz CT molecular complexity index is 693. The highest BCUT2D eigenvalue weighted by atomic mass is 79.9. The zero-order valence-corrected chi connectivity index (χ0v) is 12.2. The van der Waals surface area contributed by atoms with Crippen molar-refractivity contribution >= 4 is 15.9 Å². The third-order valence-electron chi connectivity index (χ3n) is 3.50. The molecule has 1 saturated carbocycles. The average Bonchev–Trinajstić information content (AvgIpc) is 3.23. The van der Waals surface area contributed by atoms with Crippen LogP contribution in [-0.2, 0) is 0 Å². The first-order chi connectivity index (χ1) is 9.56. The van der Waals surface area contributed by atoms with Gasteiger partial charge < -0.3 is 15.8 Å². The number of H-pyrrole nitrogens is 1. The Morgan fingerprint density at radius 2 is 2.00 bits per heavy atom. The van der Waals surface area contributed by atoms with E-state index in [2.05, 4.69) is 25.9 Å². The van der Waals surface area contributed by atoms with Crippen molar-refractivity contribution in [1.29, 1.82) is 0 Å². The number of halogens is 1. The number of benzene rings is 1. The summed E-state index contributed by atoms with van der Waals surface area (Å²) in [6.07, 6.45) is 2.08. The van der Waals surface area contributed by atoms with Crippen molar-refractivity contribution < 1.29 is 5.11 Å². The molecule has 1 heterocycles. The number of nitrogens with one attached hydrogen (secondary N) is 1. The molecule has 104 valence electrons. The van der Waals surface area contributed by atoms with E-state index in [9.17, 15) is 9.90 Å². The van der Waals surface area contributed by atoms with Crippen molar-refractivity contribution in [3.05, 3.63) is 44.9 Å². The Morgan fingerprint density at radius 3 is 2.55 bits per heavy atom. The van der Waals surface area contributed by atoms with E-state index in [1.165, 1.54) is 0 Å². The smallest absolute Gasteiger partial charge is 0.262 e. The number of nitrogens with zero attached hydrogens (tertiary/aromatic N) is 1. The van der Waals surface area contributed by atoms with Crippen LogP contribution in [0.15, 0.2) is 33.5 Å².